The summed E-state index contributed by atoms with van der Waals surface area (Å²) in [5.41, 5.74) is 1.89. The Hall–Kier alpha value is -1.76. The molecule has 1 fully saturated rings. The molecule has 2 aromatic carbocycles. The summed E-state index contributed by atoms with van der Waals surface area (Å²) in [5.74, 6) is 0.436. The van der Waals surface area contributed by atoms with Gasteiger partial charge >= 0.3 is 0 Å². The zero-order valence-electron chi connectivity index (χ0n) is 14.8. The van der Waals surface area contributed by atoms with Gasteiger partial charge in [0.15, 0.2) is 6.61 Å². The van der Waals surface area contributed by atoms with E-state index in [-0.39, 0.29) is 17.5 Å². The molecule has 0 spiro atoms. The summed E-state index contributed by atoms with van der Waals surface area (Å²) in [6, 6.07) is 11.8. The van der Waals surface area contributed by atoms with Crippen LogP contribution in [0.1, 0.15) is 18.4 Å². The Morgan fingerprint density at radius 1 is 1.26 bits per heavy atom. The van der Waals surface area contributed by atoms with Crippen molar-refractivity contribution in [3.05, 3.63) is 58.9 Å². The van der Waals surface area contributed by atoms with E-state index >= 15 is 0 Å². The molecular weight excluding hydrogens is 389 g/mol. The van der Waals surface area contributed by atoms with Gasteiger partial charge in [-0.2, -0.15) is 11.8 Å². The van der Waals surface area contributed by atoms with Gasteiger partial charge in [-0.1, -0.05) is 23.7 Å². The van der Waals surface area contributed by atoms with Crippen LogP contribution in [0, 0.1) is 5.82 Å². The maximum Gasteiger partial charge on any atom is 0.262 e. The van der Waals surface area contributed by atoms with Crippen molar-refractivity contribution in [1.29, 1.82) is 0 Å². The number of ether oxygens (including phenoxy) is 2. The van der Waals surface area contributed by atoms with Crippen molar-refractivity contribution < 1.29 is 18.7 Å². The van der Waals surface area contributed by atoms with E-state index in [2.05, 4.69) is 11.4 Å². The van der Waals surface area contributed by atoms with Crippen LogP contribution in [0.25, 0.3) is 0 Å². The van der Waals surface area contributed by atoms with Gasteiger partial charge < -0.3 is 14.8 Å². The lowest BCUT2D eigenvalue weighted by molar-refractivity contribution is -0.118. The smallest absolute Gasteiger partial charge is 0.262 e. The number of amides is 1. The first-order chi connectivity index (χ1) is 13.1. The third-order valence-corrected chi connectivity index (χ3v) is 5.86. The molecule has 7 heteroatoms. The van der Waals surface area contributed by atoms with Crippen LogP contribution >= 0.6 is 23.4 Å². The van der Waals surface area contributed by atoms with Crippen LogP contribution in [0.5, 0.6) is 5.75 Å². The lowest BCUT2D eigenvalue weighted by Gasteiger charge is -2.21. The Labute approximate surface area is 167 Å². The SMILES string of the molecule is O=C(COc1ccc(F)c(Cl)c1)Nc1cccc(CSC2CCOCC2)c1. The minimum atomic E-state index is -0.524. The number of halogens is 2. The second-order valence-corrected chi connectivity index (χ2v) is 7.93. The van der Waals surface area contributed by atoms with Crippen molar-refractivity contribution in [1.82, 2.24) is 0 Å². The standard InChI is InChI=1S/C20H21ClFNO3S/c21-18-11-16(4-5-19(18)22)26-12-20(24)23-15-3-1-2-14(10-15)13-27-17-6-8-25-9-7-17/h1-5,10-11,17H,6-9,12-13H2,(H,23,24). The molecule has 2 aromatic rings. The molecule has 0 saturated carbocycles. The molecule has 0 aromatic heterocycles. The molecule has 27 heavy (non-hydrogen) atoms. The first kappa shape index (κ1) is 20.0. The van der Waals surface area contributed by atoms with Gasteiger partial charge in [-0.25, -0.2) is 4.39 Å². The van der Waals surface area contributed by atoms with E-state index in [1.165, 1.54) is 18.2 Å². The number of hydrogen-bond donors (Lipinski definition) is 1. The number of carbonyl (C=O) groups excluding carboxylic acids is 1. The van der Waals surface area contributed by atoms with Crippen LogP contribution in [0.2, 0.25) is 5.02 Å². The zero-order valence-corrected chi connectivity index (χ0v) is 16.3. The van der Waals surface area contributed by atoms with Crippen LogP contribution in [-0.4, -0.2) is 31.0 Å². The summed E-state index contributed by atoms with van der Waals surface area (Å²) in [6.07, 6.45) is 2.18. The normalized spacial score (nSPS) is 14.7. The largest absolute Gasteiger partial charge is 0.484 e. The van der Waals surface area contributed by atoms with Crippen LogP contribution < -0.4 is 10.1 Å². The fourth-order valence-corrected chi connectivity index (χ4v) is 4.01. The molecule has 4 nitrogen and oxygen atoms in total. The van der Waals surface area contributed by atoms with Gasteiger partial charge in [-0.05, 0) is 42.7 Å². The third-order valence-electron chi connectivity index (χ3n) is 4.13. The average Bonchev–Trinajstić information content (AvgIpc) is 2.68. The van der Waals surface area contributed by atoms with Crippen LogP contribution in [0.4, 0.5) is 10.1 Å². The Kier molecular flexibility index (Phi) is 7.38. The lowest BCUT2D eigenvalue weighted by Crippen LogP contribution is -2.20. The Bertz CT molecular complexity index is 784. The maximum absolute atomic E-state index is 13.1. The summed E-state index contributed by atoms with van der Waals surface area (Å²) in [6.45, 7) is 1.50. The molecule has 0 radical (unpaired) electrons. The van der Waals surface area contributed by atoms with Gasteiger partial charge in [0, 0.05) is 36.0 Å². The fourth-order valence-electron chi connectivity index (χ4n) is 2.71. The van der Waals surface area contributed by atoms with Gasteiger partial charge in [-0.3, -0.25) is 4.79 Å². The van der Waals surface area contributed by atoms with Crippen molar-refractivity contribution in [2.45, 2.75) is 23.8 Å². The molecule has 0 atom stereocenters. The Balaban J connectivity index is 1.47. The molecule has 1 saturated heterocycles. The van der Waals surface area contributed by atoms with E-state index < -0.39 is 5.82 Å². The molecule has 0 unspecified atom stereocenters. The zero-order chi connectivity index (χ0) is 19.1. The summed E-state index contributed by atoms with van der Waals surface area (Å²) in [5, 5.41) is 3.41. The second kappa shape index (κ2) is 9.97. The predicted octanol–water partition coefficient (Wildman–Crippen LogP) is 4.91. The van der Waals surface area contributed by atoms with Gasteiger partial charge in [0.25, 0.3) is 5.91 Å². The molecule has 1 heterocycles. The number of anilines is 1. The molecule has 1 amide bonds. The third kappa shape index (κ3) is 6.41. The first-order valence-corrected chi connectivity index (χ1v) is 10.2. The van der Waals surface area contributed by atoms with E-state index in [4.69, 9.17) is 21.1 Å². The molecule has 144 valence electrons. The number of rotatable bonds is 7. The molecule has 1 aliphatic heterocycles. The minimum Gasteiger partial charge on any atom is -0.484 e. The molecular formula is C20H21ClFNO3S. The molecule has 1 N–H and O–H groups in total. The van der Waals surface area contributed by atoms with Crippen molar-refractivity contribution in [2.75, 3.05) is 25.1 Å². The van der Waals surface area contributed by atoms with Crippen molar-refractivity contribution in [2.24, 2.45) is 0 Å². The van der Waals surface area contributed by atoms with Crippen molar-refractivity contribution in [3.8, 4) is 5.75 Å². The quantitative estimate of drug-likeness (QED) is 0.705. The highest BCUT2D eigenvalue weighted by Gasteiger charge is 2.14. The highest BCUT2D eigenvalue weighted by molar-refractivity contribution is 7.99. The summed E-state index contributed by atoms with van der Waals surface area (Å²) in [7, 11) is 0. The number of nitrogens with one attached hydrogen (secondary N) is 1. The van der Waals surface area contributed by atoms with Crippen LogP contribution in [0.3, 0.4) is 0 Å². The highest BCUT2D eigenvalue weighted by Crippen LogP contribution is 2.26. The van der Waals surface area contributed by atoms with Gasteiger partial charge in [0.1, 0.15) is 11.6 Å². The molecule has 3 rings (SSSR count). The monoisotopic (exact) mass is 409 g/mol. The van der Waals surface area contributed by atoms with Gasteiger partial charge in [0.05, 0.1) is 5.02 Å². The van der Waals surface area contributed by atoms with Crippen LogP contribution in [-0.2, 0) is 15.3 Å². The number of carbonyl (C=O) groups is 1. The Morgan fingerprint density at radius 2 is 2.07 bits per heavy atom. The van der Waals surface area contributed by atoms with E-state index in [1.54, 1.807) is 0 Å². The maximum atomic E-state index is 13.1. The van der Waals surface area contributed by atoms with E-state index in [1.807, 2.05) is 30.0 Å². The number of thioether (sulfide) groups is 1. The number of hydrogen-bond acceptors (Lipinski definition) is 4. The van der Waals surface area contributed by atoms with E-state index in [0.717, 1.165) is 43.1 Å². The summed E-state index contributed by atoms with van der Waals surface area (Å²) >= 11 is 7.63. The topological polar surface area (TPSA) is 47.6 Å². The van der Waals surface area contributed by atoms with Crippen molar-refractivity contribution in [3.63, 3.8) is 0 Å². The lowest BCUT2D eigenvalue weighted by atomic mass is 10.2. The van der Waals surface area contributed by atoms with Gasteiger partial charge in [0.2, 0.25) is 0 Å². The van der Waals surface area contributed by atoms with Crippen molar-refractivity contribution >= 4 is 35.0 Å². The molecule has 0 bridgehead atoms. The fraction of sp³-hybridized carbons (Fsp3) is 0.350. The molecule has 1 aliphatic rings. The summed E-state index contributed by atoms with van der Waals surface area (Å²) in [4.78, 5) is 12.1. The van der Waals surface area contributed by atoms with E-state index in [9.17, 15) is 9.18 Å². The molecule has 0 aliphatic carbocycles. The second-order valence-electron chi connectivity index (χ2n) is 6.24. The average molecular weight is 410 g/mol. The first-order valence-electron chi connectivity index (χ1n) is 8.76. The summed E-state index contributed by atoms with van der Waals surface area (Å²) < 4.78 is 23.9. The van der Waals surface area contributed by atoms with Gasteiger partial charge in [-0.15, -0.1) is 0 Å². The Morgan fingerprint density at radius 3 is 2.85 bits per heavy atom. The highest BCUT2D eigenvalue weighted by atomic mass is 35.5. The van der Waals surface area contributed by atoms with E-state index in [0.29, 0.717) is 11.0 Å². The minimum absolute atomic E-state index is 0.0392. The number of benzene rings is 2. The predicted molar refractivity (Wildman–Crippen MR) is 107 cm³/mol. The van der Waals surface area contributed by atoms with Crippen LogP contribution in [0.15, 0.2) is 42.5 Å².